The molecule has 140 valence electrons. The van der Waals surface area contributed by atoms with Crippen molar-refractivity contribution in [1.82, 2.24) is 0 Å². The number of benzene rings is 3. The molecule has 4 rings (SSSR count). The van der Waals surface area contributed by atoms with Crippen molar-refractivity contribution in [3.05, 3.63) is 102 Å². The van der Waals surface area contributed by atoms with Gasteiger partial charge < -0.3 is 0 Å². The van der Waals surface area contributed by atoms with Gasteiger partial charge in [-0.25, -0.2) is 4.57 Å². The molecule has 0 aliphatic carbocycles. The van der Waals surface area contributed by atoms with E-state index in [1.807, 2.05) is 6.92 Å². The summed E-state index contributed by atoms with van der Waals surface area (Å²) < 4.78 is 2.08. The SMILES string of the molecule is CC#Cc1cc(C)cc(-c2cccc(-c3cccc(-c4ccc[n+](C)c4)c3)c2)c1. The van der Waals surface area contributed by atoms with E-state index in [-0.39, 0.29) is 0 Å². The van der Waals surface area contributed by atoms with Crippen LogP contribution in [-0.2, 0) is 7.05 Å². The first-order valence-electron chi connectivity index (χ1n) is 9.83. The van der Waals surface area contributed by atoms with E-state index in [1.54, 1.807) is 0 Å². The number of hydrogen-bond donors (Lipinski definition) is 0. The van der Waals surface area contributed by atoms with Crippen molar-refractivity contribution in [2.75, 3.05) is 0 Å². The van der Waals surface area contributed by atoms with Gasteiger partial charge in [0, 0.05) is 17.2 Å². The molecule has 0 fully saturated rings. The lowest BCUT2D eigenvalue weighted by molar-refractivity contribution is -0.671. The maximum Gasteiger partial charge on any atom is 0.176 e. The molecule has 0 saturated carbocycles. The number of nitrogens with zero attached hydrogens (tertiary/aromatic N) is 1. The van der Waals surface area contributed by atoms with Crippen LogP contribution in [0, 0.1) is 18.8 Å². The lowest BCUT2D eigenvalue weighted by atomic mass is 9.95. The summed E-state index contributed by atoms with van der Waals surface area (Å²) in [6, 6.07) is 28.2. The van der Waals surface area contributed by atoms with Crippen molar-refractivity contribution >= 4 is 0 Å². The quantitative estimate of drug-likeness (QED) is 0.297. The van der Waals surface area contributed by atoms with Gasteiger partial charge in [-0.15, -0.1) is 5.92 Å². The van der Waals surface area contributed by atoms with E-state index < -0.39 is 0 Å². The summed E-state index contributed by atoms with van der Waals surface area (Å²) in [5.74, 6) is 6.18. The molecular weight excluding hydrogens is 350 g/mol. The average Bonchev–Trinajstić information content (AvgIpc) is 2.74. The van der Waals surface area contributed by atoms with Gasteiger partial charge in [-0.3, -0.25) is 0 Å². The summed E-state index contributed by atoms with van der Waals surface area (Å²) in [5, 5.41) is 0. The summed E-state index contributed by atoms with van der Waals surface area (Å²) in [7, 11) is 2.05. The van der Waals surface area contributed by atoms with Crippen molar-refractivity contribution in [1.29, 1.82) is 0 Å². The molecule has 1 heteroatoms. The normalized spacial score (nSPS) is 10.3. The Hall–Kier alpha value is -3.63. The Labute approximate surface area is 173 Å². The standard InChI is InChI=1S/C28H24N/c1-4-8-22-15-21(2)16-28(17-22)26-12-6-10-24(19-26)23-9-5-11-25(18-23)27-13-7-14-29(3)20-27/h5-7,9-20H,1-3H3/q+1. The van der Waals surface area contributed by atoms with E-state index >= 15 is 0 Å². The van der Waals surface area contributed by atoms with Gasteiger partial charge in [0.2, 0.25) is 0 Å². The molecule has 1 aromatic heterocycles. The fourth-order valence-electron chi connectivity index (χ4n) is 3.68. The number of rotatable bonds is 3. The van der Waals surface area contributed by atoms with Crippen molar-refractivity contribution in [3.8, 4) is 45.2 Å². The van der Waals surface area contributed by atoms with E-state index in [9.17, 15) is 0 Å². The van der Waals surface area contributed by atoms with Gasteiger partial charge in [0.05, 0.1) is 0 Å². The largest absolute Gasteiger partial charge is 0.207 e. The maximum absolute atomic E-state index is 3.18. The van der Waals surface area contributed by atoms with Gasteiger partial charge in [-0.05, 0) is 77.6 Å². The second-order valence-corrected chi connectivity index (χ2v) is 7.38. The number of aromatic nitrogens is 1. The minimum absolute atomic E-state index is 1.06. The van der Waals surface area contributed by atoms with Gasteiger partial charge in [0.1, 0.15) is 7.05 Å². The van der Waals surface area contributed by atoms with Gasteiger partial charge in [-0.1, -0.05) is 48.4 Å². The average molecular weight is 375 g/mol. The Balaban J connectivity index is 1.75. The van der Waals surface area contributed by atoms with E-state index in [0.29, 0.717) is 0 Å². The summed E-state index contributed by atoms with van der Waals surface area (Å²) in [4.78, 5) is 0. The Morgan fingerprint density at radius 1 is 0.655 bits per heavy atom. The van der Waals surface area contributed by atoms with Crippen molar-refractivity contribution in [2.24, 2.45) is 7.05 Å². The Bertz CT molecular complexity index is 1240. The van der Waals surface area contributed by atoms with E-state index in [4.69, 9.17) is 0 Å². The topological polar surface area (TPSA) is 3.88 Å². The molecule has 0 radical (unpaired) electrons. The molecule has 0 saturated heterocycles. The molecule has 0 atom stereocenters. The number of pyridine rings is 1. The van der Waals surface area contributed by atoms with Crippen molar-refractivity contribution in [3.63, 3.8) is 0 Å². The monoisotopic (exact) mass is 374 g/mol. The third kappa shape index (κ3) is 4.28. The van der Waals surface area contributed by atoms with Crippen LogP contribution in [0.25, 0.3) is 33.4 Å². The molecular formula is C28H24N+. The van der Waals surface area contributed by atoms with Crippen LogP contribution in [-0.4, -0.2) is 0 Å². The first-order valence-corrected chi connectivity index (χ1v) is 9.83. The molecule has 0 N–H and O–H groups in total. The van der Waals surface area contributed by atoms with E-state index in [1.165, 1.54) is 38.9 Å². The molecule has 1 heterocycles. The summed E-state index contributed by atoms with van der Waals surface area (Å²) in [6.07, 6.45) is 4.20. The Morgan fingerprint density at radius 2 is 1.24 bits per heavy atom. The van der Waals surface area contributed by atoms with Crippen LogP contribution in [0.2, 0.25) is 0 Å². The van der Waals surface area contributed by atoms with Gasteiger partial charge in [0.15, 0.2) is 12.4 Å². The van der Waals surface area contributed by atoms with Gasteiger partial charge in [-0.2, -0.15) is 0 Å². The second kappa shape index (κ2) is 8.17. The van der Waals surface area contributed by atoms with Crippen LogP contribution < -0.4 is 4.57 Å². The lowest BCUT2D eigenvalue weighted by Crippen LogP contribution is -2.26. The van der Waals surface area contributed by atoms with Crippen LogP contribution in [0.5, 0.6) is 0 Å². The third-order valence-corrected chi connectivity index (χ3v) is 5.01. The molecule has 4 aromatic rings. The Morgan fingerprint density at radius 3 is 1.86 bits per heavy atom. The fourth-order valence-corrected chi connectivity index (χ4v) is 3.68. The zero-order chi connectivity index (χ0) is 20.2. The van der Waals surface area contributed by atoms with Crippen molar-refractivity contribution < 1.29 is 4.57 Å². The first kappa shape index (κ1) is 18.7. The Kier molecular flexibility index (Phi) is 5.27. The molecule has 3 aromatic carbocycles. The van der Waals surface area contributed by atoms with Crippen LogP contribution in [0.4, 0.5) is 0 Å². The summed E-state index contributed by atoms with van der Waals surface area (Å²) in [6.45, 7) is 4.00. The van der Waals surface area contributed by atoms with Crippen LogP contribution >= 0.6 is 0 Å². The molecule has 0 unspecified atom stereocenters. The minimum atomic E-state index is 1.06. The minimum Gasteiger partial charge on any atom is -0.207 e. The molecule has 29 heavy (non-hydrogen) atoms. The third-order valence-electron chi connectivity index (χ3n) is 5.01. The fraction of sp³-hybridized carbons (Fsp3) is 0.107. The number of hydrogen-bond acceptors (Lipinski definition) is 0. The van der Waals surface area contributed by atoms with E-state index in [0.717, 1.165) is 5.56 Å². The van der Waals surface area contributed by atoms with Crippen LogP contribution in [0.3, 0.4) is 0 Å². The highest BCUT2D eigenvalue weighted by atomic mass is 14.9. The smallest absolute Gasteiger partial charge is 0.176 e. The zero-order valence-electron chi connectivity index (χ0n) is 17.1. The first-order chi connectivity index (χ1) is 14.1. The second-order valence-electron chi connectivity index (χ2n) is 7.38. The molecule has 0 bridgehead atoms. The summed E-state index contributed by atoms with van der Waals surface area (Å²) >= 11 is 0. The van der Waals surface area contributed by atoms with Gasteiger partial charge >= 0.3 is 0 Å². The summed E-state index contributed by atoms with van der Waals surface area (Å²) in [5.41, 5.74) is 9.58. The zero-order valence-corrected chi connectivity index (χ0v) is 17.1. The lowest BCUT2D eigenvalue weighted by Gasteiger charge is -2.09. The van der Waals surface area contributed by atoms with Crippen LogP contribution in [0.15, 0.2) is 91.3 Å². The molecule has 0 amide bonds. The molecule has 1 nitrogen and oxygen atoms in total. The van der Waals surface area contributed by atoms with Gasteiger partial charge in [0.25, 0.3) is 0 Å². The van der Waals surface area contributed by atoms with E-state index in [2.05, 4.69) is 122 Å². The molecule has 0 spiro atoms. The maximum atomic E-state index is 3.18. The number of aryl methyl sites for hydroxylation is 2. The molecule has 0 aliphatic heterocycles. The highest BCUT2D eigenvalue weighted by molar-refractivity contribution is 5.77. The predicted octanol–water partition coefficient (Wildman–Crippen LogP) is 6.19. The molecule has 0 aliphatic rings. The highest BCUT2D eigenvalue weighted by Gasteiger charge is 2.07. The van der Waals surface area contributed by atoms with Crippen molar-refractivity contribution in [2.45, 2.75) is 13.8 Å². The highest BCUT2D eigenvalue weighted by Crippen LogP contribution is 2.30. The van der Waals surface area contributed by atoms with Crippen LogP contribution in [0.1, 0.15) is 18.1 Å². The predicted molar refractivity (Wildman–Crippen MR) is 121 cm³/mol.